The number of likely N-dealkylation sites (tertiary alicyclic amines) is 1. The largest absolute Gasteiger partial charge is 0.345 e. The molecule has 0 bridgehead atoms. The van der Waals surface area contributed by atoms with E-state index in [1.807, 2.05) is 11.9 Å². The van der Waals surface area contributed by atoms with Gasteiger partial charge in [0.25, 0.3) is 0 Å². The second-order valence-corrected chi connectivity index (χ2v) is 5.21. The van der Waals surface area contributed by atoms with E-state index >= 15 is 0 Å². The van der Waals surface area contributed by atoms with E-state index in [2.05, 4.69) is 0 Å². The molecular weight excluding hydrogens is 188 g/mol. The summed E-state index contributed by atoms with van der Waals surface area (Å²) < 4.78 is 0. The van der Waals surface area contributed by atoms with Gasteiger partial charge in [0.15, 0.2) is 0 Å². The summed E-state index contributed by atoms with van der Waals surface area (Å²) in [6.45, 7) is 0.872. The lowest BCUT2D eigenvalue weighted by molar-refractivity contribution is -0.126. The molecule has 0 aromatic rings. The van der Waals surface area contributed by atoms with Crippen LogP contribution in [0.5, 0.6) is 0 Å². The first-order chi connectivity index (χ1) is 7.18. The number of amides is 1. The highest BCUT2D eigenvalue weighted by atomic mass is 16.2. The van der Waals surface area contributed by atoms with Gasteiger partial charge in [-0.1, -0.05) is 19.3 Å². The van der Waals surface area contributed by atoms with Crippen molar-refractivity contribution in [3.63, 3.8) is 0 Å². The van der Waals surface area contributed by atoms with Crippen LogP contribution in [0, 0.1) is 11.8 Å². The Hall–Kier alpha value is -0.570. The Bertz CT molecular complexity index is 236. The SMILES string of the molecule is CN1CC(C(N)C2CCCCC2)CC1=O. The van der Waals surface area contributed by atoms with Crippen molar-refractivity contribution >= 4 is 5.91 Å². The van der Waals surface area contributed by atoms with Crippen LogP contribution >= 0.6 is 0 Å². The van der Waals surface area contributed by atoms with E-state index in [0.717, 1.165) is 6.54 Å². The van der Waals surface area contributed by atoms with Gasteiger partial charge in [0, 0.05) is 32.0 Å². The highest BCUT2D eigenvalue weighted by molar-refractivity contribution is 5.78. The molecule has 2 fully saturated rings. The molecule has 0 aromatic heterocycles. The summed E-state index contributed by atoms with van der Waals surface area (Å²) in [5.41, 5.74) is 6.30. The maximum absolute atomic E-state index is 11.4. The molecule has 1 amide bonds. The molecule has 0 spiro atoms. The van der Waals surface area contributed by atoms with Crippen molar-refractivity contribution in [3.8, 4) is 0 Å². The van der Waals surface area contributed by atoms with Gasteiger partial charge in [-0.25, -0.2) is 0 Å². The third-order valence-electron chi connectivity index (χ3n) is 4.11. The van der Waals surface area contributed by atoms with E-state index < -0.39 is 0 Å². The summed E-state index contributed by atoms with van der Waals surface area (Å²) >= 11 is 0. The first kappa shape index (κ1) is 10.9. The number of carbonyl (C=O) groups excluding carboxylic acids is 1. The fourth-order valence-electron chi connectivity index (χ4n) is 3.06. The molecule has 1 aliphatic carbocycles. The molecule has 3 heteroatoms. The molecular formula is C12H22N2O. The van der Waals surface area contributed by atoms with Gasteiger partial charge in [0.1, 0.15) is 0 Å². The first-order valence-corrected chi connectivity index (χ1v) is 6.18. The zero-order valence-electron chi connectivity index (χ0n) is 9.61. The summed E-state index contributed by atoms with van der Waals surface area (Å²) in [6, 6.07) is 0.249. The summed E-state index contributed by atoms with van der Waals surface area (Å²) in [7, 11) is 1.88. The van der Waals surface area contributed by atoms with E-state index in [1.54, 1.807) is 0 Å². The number of nitrogens with two attached hydrogens (primary N) is 1. The summed E-state index contributed by atoms with van der Waals surface area (Å²) in [5, 5.41) is 0. The third-order valence-corrected chi connectivity index (χ3v) is 4.11. The van der Waals surface area contributed by atoms with Crippen molar-refractivity contribution < 1.29 is 4.79 Å². The van der Waals surface area contributed by atoms with Crippen molar-refractivity contribution in [1.29, 1.82) is 0 Å². The van der Waals surface area contributed by atoms with Crippen LogP contribution in [0.3, 0.4) is 0 Å². The smallest absolute Gasteiger partial charge is 0.222 e. The van der Waals surface area contributed by atoms with Gasteiger partial charge in [-0.15, -0.1) is 0 Å². The van der Waals surface area contributed by atoms with Crippen molar-refractivity contribution in [3.05, 3.63) is 0 Å². The van der Waals surface area contributed by atoms with Crippen molar-refractivity contribution in [1.82, 2.24) is 4.90 Å². The number of hydrogen-bond donors (Lipinski definition) is 1. The minimum atomic E-state index is 0.249. The average molecular weight is 210 g/mol. The van der Waals surface area contributed by atoms with Crippen LogP contribution in [0.15, 0.2) is 0 Å². The average Bonchev–Trinajstić information content (AvgIpc) is 2.59. The van der Waals surface area contributed by atoms with Gasteiger partial charge >= 0.3 is 0 Å². The van der Waals surface area contributed by atoms with Crippen LogP contribution in [0.4, 0.5) is 0 Å². The minimum Gasteiger partial charge on any atom is -0.345 e. The molecule has 2 unspecified atom stereocenters. The van der Waals surface area contributed by atoms with Crippen LogP contribution < -0.4 is 5.73 Å². The normalized spacial score (nSPS) is 30.9. The molecule has 1 aliphatic heterocycles. The van der Waals surface area contributed by atoms with E-state index in [1.165, 1.54) is 32.1 Å². The lowest BCUT2D eigenvalue weighted by Gasteiger charge is -2.30. The molecule has 15 heavy (non-hydrogen) atoms. The van der Waals surface area contributed by atoms with E-state index in [4.69, 9.17) is 5.73 Å². The van der Waals surface area contributed by atoms with Gasteiger partial charge in [-0.2, -0.15) is 0 Å². The van der Waals surface area contributed by atoms with Crippen LogP contribution in [-0.4, -0.2) is 30.4 Å². The second kappa shape index (κ2) is 4.52. The molecule has 0 aromatic carbocycles. The predicted octanol–water partition coefficient (Wildman–Crippen LogP) is 1.37. The number of hydrogen-bond acceptors (Lipinski definition) is 2. The lowest BCUT2D eigenvalue weighted by atomic mass is 9.79. The third kappa shape index (κ3) is 2.33. The van der Waals surface area contributed by atoms with Crippen molar-refractivity contribution in [2.24, 2.45) is 17.6 Å². The zero-order valence-corrected chi connectivity index (χ0v) is 9.61. The Morgan fingerprint density at radius 3 is 2.47 bits per heavy atom. The van der Waals surface area contributed by atoms with Gasteiger partial charge in [0.2, 0.25) is 5.91 Å². The number of nitrogens with zero attached hydrogens (tertiary/aromatic N) is 1. The zero-order chi connectivity index (χ0) is 10.8. The van der Waals surface area contributed by atoms with Crippen LogP contribution in [0.25, 0.3) is 0 Å². The number of rotatable bonds is 2. The fourth-order valence-corrected chi connectivity index (χ4v) is 3.06. The fraction of sp³-hybridized carbons (Fsp3) is 0.917. The topological polar surface area (TPSA) is 46.3 Å². The molecule has 2 N–H and O–H groups in total. The van der Waals surface area contributed by atoms with Crippen molar-refractivity contribution in [2.45, 2.75) is 44.6 Å². The van der Waals surface area contributed by atoms with Crippen LogP contribution in [-0.2, 0) is 4.79 Å². The molecule has 3 nitrogen and oxygen atoms in total. The van der Waals surface area contributed by atoms with Gasteiger partial charge in [-0.05, 0) is 18.8 Å². The highest BCUT2D eigenvalue weighted by Gasteiger charge is 2.35. The van der Waals surface area contributed by atoms with Crippen LogP contribution in [0.2, 0.25) is 0 Å². The standard InChI is InChI=1S/C12H22N2O/c1-14-8-10(7-11(14)15)12(13)9-5-3-2-4-6-9/h9-10,12H,2-8,13H2,1H3. The maximum Gasteiger partial charge on any atom is 0.222 e. The Morgan fingerprint density at radius 1 is 1.27 bits per heavy atom. The second-order valence-electron chi connectivity index (χ2n) is 5.21. The Balaban J connectivity index is 1.90. The van der Waals surface area contributed by atoms with Crippen molar-refractivity contribution in [2.75, 3.05) is 13.6 Å². The van der Waals surface area contributed by atoms with E-state index in [-0.39, 0.29) is 11.9 Å². The molecule has 1 heterocycles. The molecule has 86 valence electrons. The Morgan fingerprint density at radius 2 is 1.93 bits per heavy atom. The summed E-state index contributed by atoms with van der Waals surface area (Å²) in [6.07, 6.45) is 7.25. The molecule has 2 rings (SSSR count). The number of carbonyl (C=O) groups is 1. The molecule has 1 saturated carbocycles. The Labute approximate surface area is 92.0 Å². The molecule has 2 atom stereocenters. The summed E-state index contributed by atoms with van der Waals surface area (Å²) in [5.74, 6) is 1.35. The minimum absolute atomic E-state index is 0.249. The monoisotopic (exact) mass is 210 g/mol. The molecule has 0 radical (unpaired) electrons. The van der Waals surface area contributed by atoms with E-state index in [9.17, 15) is 4.79 Å². The first-order valence-electron chi connectivity index (χ1n) is 6.18. The van der Waals surface area contributed by atoms with E-state index in [0.29, 0.717) is 18.3 Å². The quantitative estimate of drug-likeness (QED) is 0.748. The lowest BCUT2D eigenvalue weighted by Crippen LogP contribution is -2.39. The van der Waals surface area contributed by atoms with Gasteiger partial charge in [-0.3, -0.25) is 4.79 Å². The molecule has 1 saturated heterocycles. The Kier molecular flexibility index (Phi) is 3.29. The molecule has 2 aliphatic rings. The predicted molar refractivity (Wildman–Crippen MR) is 60.3 cm³/mol. The van der Waals surface area contributed by atoms with Crippen LogP contribution in [0.1, 0.15) is 38.5 Å². The maximum atomic E-state index is 11.4. The van der Waals surface area contributed by atoms with Gasteiger partial charge < -0.3 is 10.6 Å². The highest BCUT2D eigenvalue weighted by Crippen LogP contribution is 2.31. The van der Waals surface area contributed by atoms with Gasteiger partial charge in [0.05, 0.1) is 0 Å². The summed E-state index contributed by atoms with van der Waals surface area (Å²) in [4.78, 5) is 13.3.